The Labute approximate surface area is 187 Å². The predicted molar refractivity (Wildman–Crippen MR) is 120 cm³/mol. The summed E-state index contributed by atoms with van der Waals surface area (Å²) >= 11 is 1.31. The van der Waals surface area contributed by atoms with Gasteiger partial charge in [0.15, 0.2) is 0 Å². The summed E-state index contributed by atoms with van der Waals surface area (Å²) in [6, 6.07) is 1.64. The van der Waals surface area contributed by atoms with Crippen LogP contribution in [0.2, 0.25) is 0 Å². The Morgan fingerprint density at radius 1 is 1.23 bits per heavy atom. The maximum atomic E-state index is 13.0. The number of aromatic nitrogens is 2. The van der Waals surface area contributed by atoms with Gasteiger partial charge in [-0.2, -0.15) is 0 Å². The van der Waals surface area contributed by atoms with Crippen LogP contribution in [-0.2, 0) is 21.8 Å². The highest BCUT2D eigenvalue weighted by Gasteiger charge is 2.27. The van der Waals surface area contributed by atoms with Crippen molar-refractivity contribution in [1.29, 1.82) is 0 Å². The Kier molecular flexibility index (Phi) is 6.52. The molecule has 0 bridgehead atoms. The van der Waals surface area contributed by atoms with Crippen LogP contribution < -0.4 is 4.72 Å². The second kappa shape index (κ2) is 9.01. The maximum absolute atomic E-state index is 13.0. The van der Waals surface area contributed by atoms with E-state index in [2.05, 4.69) is 16.6 Å². The molecule has 0 atom stereocenters. The van der Waals surface area contributed by atoms with Crippen molar-refractivity contribution < 1.29 is 17.9 Å². The Hall–Kier alpha value is -1.75. The van der Waals surface area contributed by atoms with Gasteiger partial charge in [-0.05, 0) is 44.6 Å². The van der Waals surface area contributed by atoms with Gasteiger partial charge < -0.3 is 14.2 Å². The first-order valence-electron chi connectivity index (χ1n) is 10.8. The lowest BCUT2D eigenvalue weighted by Crippen LogP contribution is -2.40. The van der Waals surface area contributed by atoms with E-state index in [4.69, 9.17) is 4.74 Å². The van der Waals surface area contributed by atoms with Gasteiger partial charge >= 0.3 is 0 Å². The van der Waals surface area contributed by atoms with Gasteiger partial charge in [-0.3, -0.25) is 4.79 Å². The van der Waals surface area contributed by atoms with Gasteiger partial charge in [0.1, 0.15) is 14.8 Å². The van der Waals surface area contributed by atoms with Crippen molar-refractivity contribution in [3.05, 3.63) is 22.8 Å². The Balaban J connectivity index is 1.54. The van der Waals surface area contributed by atoms with Crippen LogP contribution >= 0.6 is 11.3 Å². The molecule has 10 heteroatoms. The van der Waals surface area contributed by atoms with Crippen LogP contribution in [0.15, 0.2) is 17.2 Å². The number of carbonyl (C=O) groups is 1. The average molecular weight is 467 g/mol. The van der Waals surface area contributed by atoms with Crippen molar-refractivity contribution in [2.24, 2.45) is 13.0 Å². The first-order valence-corrected chi connectivity index (χ1v) is 13.1. The van der Waals surface area contributed by atoms with Crippen molar-refractivity contribution in [1.82, 2.24) is 19.2 Å². The quantitative estimate of drug-likeness (QED) is 0.731. The van der Waals surface area contributed by atoms with Crippen LogP contribution in [0.1, 0.15) is 48.0 Å². The van der Waals surface area contributed by atoms with Crippen molar-refractivity contribution in [2.75, 3.05) is 26.3 Å². The van der Waals surface area contributed by atoms with E-state index in [1.807, 2.05) is 6.92 Å². The number of rotatable bonds is 5. The minimum absolute atomic E-state index is 0.00953. The van der Waals surface area contributed by atoms with Crippen LogP contribution in [0.3, 0.4) is 0 Å². The van der Waals surface area contributed by atoms with Crippen LogP contribution in [0.25, 0.3) is 10.7 Å². The highest BCUT2D eigenvalue weighted by atomic mass is 32.2. The summed E-state index contributed by atoms with van der Waals surface area (Å²) in [7, 11) is -1.80. The number of sulfonamides is 1. The molecule has 31 heavy (non-hydrogen) atoms. The normalized spacial score (nSPS) is 22.6. The molecule has 3 heterocycles. The van der Waals surface area contributed by atoms with Crippen LogP contribution in [0, 0.1) is 12.8 Å². The molecular weight excluding hydrogens is 436 g/mol. The Morgan fingerprint density at radius 2 is 1.90 bits per heavy atom. The minimum Gasteiger partial charge on any atom is -0.378 e. The topological polar surface area (TPSA) is 93.5 Å². The standard InChI is InChI=1S/C21H30N4O4S2/c1-14-4-6-16(7-5-14)23-31(27,28)17-12-18(24(3)13-17)20-22-15(2)19(30-20)21(26)25-8-10-29-11-9-25/h12-14,16,23H,4-11H2,1-3H3. The Bertz CT molecular complexity index is 1050. The molecule has 1 saturated carbocycles. The van der Waals surface area contributed by atoms with E-state index >= 15 is 0 Å². The lowest BCUT2D eigenvalue weighted by molar-refractivity contribution is 0.0305. The fraction of sp³-hybridized carbons (Fsp3) is 0.619. The molecule has 1 amide bonds. The van der Waals surface area contributed by atoms with E-state index in [9.17, 15) is 13.2 Å². The second-order valence-corrected chi connectivity index (χ2v) is 11.3. The number of aryl methyl sites for hydroxylation is 2. The number of carbonyl (C=O) groups excluding carboxylic acids is 1. The zero-order chi connectivity index (χ0) is 22.2. The molecule has 0 unspecified atom stereocenters. The molecule has 1 aliphatic heterocycles. The van der Waals surface area contributed by atoms with Crippen molar-refractivity contribution in [3.63, 3.8) is 0 Å². The lowest BCUT2D eigenvalue weighted by atomic mass is 9.88. The molecule has 170 valence electrons. The summed E-state index contributed by atoms with van der Waals surface area (Å²) in [5.41, 5.74) is 1.35. The number of nitrogens with one attached hydrogen (secondary N) is 1. The van der Waals surface area contributed by atoms with Crippen molar-refractivity contribution >= 4 is 27.3 Å². The Morgan fingerprint density at radius 3 is 2.58 bits per heavy atom. The summed E-state index contributed by atoms with van der Waals surface area (Å²) in [5, 5.41) is 0.643. The largest absolute Gasteiger partial charge is 0.378 e. The molecule has 1 saturated heterocycles. The predicted octanol–water partition coefficient (Wildman–Crippen LogP) is 2.79. The first kappa shape index (κ1) is 22.4. The molecule has 0 radical (unpaired) electrons. The molecule has 2 aromatic rings. The first-order chi connectivity index (χ1) is 14.7. The molecule has 2 aliphatic rings. The molecule has 1 N–H and O–H groups in total. The minimum atomic E-state index is -3.61. The van der Waals surface area contributed by atoms with Crippen LogP contribution in [-0.4, -0.2) is 61.1 Å². The van der Waals surface area contributed by atoms with E-state index in [0.717, 1.165) is 25.7 Å². The van der Waals surface area contributed by atoms with Crippen LogP contribution in [0.5, 0.6) is 0 Å². The molecule has 0 aromatic carbocycles. The summed E-state index contributed by atoms with van der Waals surface area (Å²) < 4.78 is 35.9. The van der Waals surface area contributed by atoms with Gasteiger partial charge in [0.05, 0.1) is 24.6 Å². The smallest absolute Gasteiger partial charge is 0.266 e. The van der Waals surface area contributed by atoms with E-state index < -0.39 is 10.0 Å². The number of amides is 1. The third kappa shape index (κ3) is 4.87. The molecule has 1 aliphatic carbocycles. The lowest BCUT2D eigenvalue weighted by Gasteiger charge is -2.26. The monoisotopic (exact) mass is 466 g/mol. The SMILES string of the molecule is Cc1nc(-c2cc(S(=O)(=O)NC3CCC(C)CC3)cn2C)sc1C(=O)N1CCOCC1. The van der Waals surface area contributed by atoms with Gasteiger partial charge in [0.25, 0.3) is 5.91 Å². The summed E-state index contributed by atoms with van der Waals surface area (Å²) in [6.07, 6.45) is 5.46. The van der Waals surface area contributed by atoms with Crippen molar-refractivity contribution in [3.8, 4) is 10.7 Å². The summed E-state index contributed by atoms with van der Waals surface area (Å²) in [5.74, 6) is 0.617. The molecule has 2 fully saturated rings. The zero-order valence-corrected chi connectivity index (χ0v) is 19.9. The number of thiazole rings is 1. The molecule has 4 rings (SSSR count). The van der Waals surface area contributed by atoms with E-state index in [1.54, 1.807) is 28.8 Å². The third-order valence-electron chi connectivity index (χ3n) is 6.14. The van der Waals surface area contributed by atoms with Gasteiger partial charge in [-0.1, -0.05) is 6.92 Å². The molecular formula is C21H30N4O4S2. The highest BCUT2D eigenvalue weighted by Crippen LogP contribution is 2.32. The maximum Gasteiger partial charge on any atom is 0.266 e. The second-order valence-electron chi connectivity index (χ2n) is 8.59. The van der Waals surface area contributed by atoms with Gasteiger partial charge in [-0.25, -0.2) is 18.1 Å². The van der Waals surface area contributed by atoms with Crippen molar-refractivity contribution in [2.45, 2.75) is 50.5 Å². The zero-order valence-electron chi connectivity index (χ0n) is 18.3. The fourth-order valence-corrected chi connectivity index (χ4v) is 6.64. The number of hydrogen-bond acceptors (Lipinski definition) is 6. The van der Waals surface area contributed by atoms with Gasteiger partial charge in [0.2, 0.25) is 10.0 Å². The average Bonchev–Trinajstić information content (AvgIpc) is 3.33. The highest BCUT2D eigenvalue weighted by molar-refractivity contribution is 7.89. The molecule has 0 spiro atoms. The fourth-order valence-electron chi connectivity index (χ4n) is 4.17. The van der Waals surface area contributed by atoms with E-state index in [0.29, 0.717) is 53.5 Å². The summed E-state index contributed by atoms with van der Waals surface area (Å²) in [6.45, 7) is 6.26. The van der Waals surface area contributed by atoms with Gasteiger partial charge in [0, 0.05) is 32.4 Å². The van der Waals surface area contributed by atoms with Gasteiger partial charge in [-0.15, -0.1) is 11.3 Å². The van der Waals surface area contributed by atoms with E-state index in [-0.39, 0.29) is 16.8 Å². The number of nitrogens with zero attached hydrogens (tertiary/aromatic N) is 3. The number of ether oxygens (including phenoxy) is 1. The molecule has 2 aromatic heterocycles. The summed E-state index contributed by atoms with van der Waals surface area (Å²) in [4.78, 5) is 20.1. The number of morpholine rings is 1. The number of hydrogen-bond donors (Lipinski definition) is 1. The molecule has 8 nitrogen and oxygen atoms in total. The van der Waals surface area contributed by atoms with Crippen LogP contribution in [0.4, 0.5) is 0 Å². The third-order valence-corrected chi connectivity index (χ3v) is 8.79. The van der Waals surface area contributed by atoms with E-state index in [1.165, 1.54) is 11.3 Å².